The van der Waals surface area contributed by atoms with Crippen molar-refractivity contribution in [3.8, 4) is 0 Å². The Kier molecular flexibility index (Phi) is 4.93. The van der Waals surface area contributed by atoms with E-state index < -0.39 is 0 Å². The van der Waals surface area contributed by atoms with Gasteiger partial charge in [-0.3, -0.25) is 4.90 Å². The van der Waals surface area contributed by atoms with Crippen molar-refractivity contribution in [1.29, 1.82) is 0 Å². The third kappa shape index (κ3) is 3.34. The van der Waals surface area contributed by atoms with Gasteiger partial charge in [-0.15, -0.1) is 0 Å². The van der Waals surface area contributed by atoms with Crippen LogP contribution in [0.2, 0.25) is 0 Å². The van der Waals surface area contributed by atoms with Gasteiger partial charge in [-0.2, -0.15) is 5.10 Å². The molecule has 5 nitrogen and oxygen atoms in total. The standard InChI is InChI=1S/C14H27N5/c1-5-12-8-18(13(6-2)7-15-12)9-14-16-10-17-19(14)11(3)4/h10-13,15H,5-9H2,1-4H3. The van der Waals surface area contributed by atoms with Crippen molar-refractivity contribution in [2.75, 3.05) is 13.1 Å². The van der Waals surface area contributed by atoms with Gasteiger partial charge in [-0.05, 0) is 26.7 Å². The number of hydrogen-bond acceptors (Lipinski definition) is 4. The van der Waals surface area contributed by atoms with E-state index in [4.69, 9.17) is 0 Å². The molecule has 1 aromatic heterocycles. The van der Waals surface area contributed by atoms with Gasteiger partial charge in [0.05, 0.1) is 6.54 Å². The summed E-state index contributed by atoms with van der Waals surface area (Å²) in [7, 11) is 0. The molecule has 1 fully saturated rings. The van der Waals surface area contributed by atoms with Crippen LogP contribution in [0.3, 0.4) is 0 Å². The molecule has 108 valence electrons. The lowest BCUT2D eigenvalue weighted by Crippen LogP contribution is -2.55. The normalized spacial score (nSPS) is 25.1. The highest BCUT2D eigenvalue weighted by Gasteiger charge is 2.27. The fourth-order valence-corrected chi connectivity index (χ4v) is 2.80. The highest BCUT2D eigenvalue weighted by Crippen LogP contribution is 2.16. The van der Waals surface area contributed by atoms with Crippen LogP contribution in [0.5, 0.6) is 0 Å². The van der Waals surface area contributed by atoms with Crippen LogP contribution in [-0.4, -0.2) is 44.8 Å². The molecular formula is C14H27N5. The van der Waals surface area contributed by atoms with Gasteiger partial charge >= 0.3 is 0 Å². The van der Waals surface area contributed by atoms with Gasteiger partial charge in [-0.1, -0.05) is 13.8 Å². The Labute approximate surface area is 116 Å². The molecule has 2 rings (SSSR count). The van der Waals surface area contributed by atoms with Crippen LogP contribution in [0.25, 0.3) is 0 Å². The second-order valence-electron chi connectivity index (χ2n) is 5.72. The molecule has 0 aliphatic carbocycles. The first-order chi connectivity index (χ1) is 9.15. The second-order valence-corrected chi connectivity index (χ2v) is 5.72. The number of piperazine rings is 1. The van der Waals surface area contributed by atoms with E-state index in [-0.39, 0.29) is 0 Å². The fourth-order valence-electron chi connectivity index (χ4n) is 2.80. The average Bonchev–Trinajstić information content (AvgIpc) is 2.87. The lowest BCUT2D eigenvalue weighted by Gasteiger charge is -2.39. The van der Waals surface area contributed by atoms with Crippen LogP contribution in [0, 0.1) is 0 Å². The quantitative estimate of drug-likeness (QED) is 0.882. The first kappa shape index (κ1) is 14.5. The minimum Gasteiger partial charge on any atom is -0.311 e. The molecule has 1 aromatic rings. The van der Waals surface area contributed by atoms with Crippen LogP contribution in [-0.2, 0) is 6.54 Å². The fraction of sp³-hybridized carbons (Fsp3) is 0.857. The molecule has 1 saturated heterocycles. The van der Waals surface area contributed by atoms with E-state index in [1.54, 1.807) is 6.33 Å². The molecule has 0 radical (unpaired) electrons. The molecule has 1 aliphatic rings. The number of nitrogens with zero attached hydrogens (tertiary/aromatic N) is 4. The molecule has 1 aliphatic heterocycles. The molecule has 0 bridgehead atoms. The van der Waals surface area contributed by atoms with Crippen molar-refractivity contribution in [1.82, 2.24) is 25.0 Å². The average molecular weight is 265 g/mol. The molecule has 19 heavy (non-hydrogen) atoms. The summed E-state index contributed by atoms with van der Waals surface area (Å²) < 4.78 is 2.04. The number of rotatable bonds is 5. The molecule has 0 spiro atoms. The summed E-state index contributed by atoms with van der Waals surface area (Å²) in [5, 5.41) is 7.97. The molecular weight excluding hydrogens is 238 g/mol. The lowest BCUT2D eigenvalue weighted by atomic mass is 10.1. The zero-order chi connectivity index (χ0) is 13.8. The number of aromatic nitrogens is 3. The zero-order valence-electron chi connectivity index (χ0n) is 12.6. The van der Waals surface area contributed by atoms with E-state index in [0.717, 1.165) is 25.5 Å². The minimum atomic E-state index is 0.377. The molecule has 2 heterocycles. The largest absolute Gasteiger partial charge is 0.311 e. The van der Waals surface area contributed by atoms with E-state index in [2.05, 4.69) is 48.0 Å². The Morgan fingerprint density at radius 3 is 2.79 bits per heavy atom. The van der Waals surface area contributed by atoms with Crippen molar-refractivity contribution >= 4 is 0 Å². The summed E-state index contributed by atoms with van der Waals surface area (Å²) in [6.45, 7) is 11.9. The molecule has 5 heteroatoms. The highest BCUT2D eigenvalue weighted by atomic mass is 15.4. The van der Waals surface area contributed by atoms with Crippen molar-refractivity contribution in [3.63, 3.8) is 0 Å². The van der Waals surface area contributed by atoms with Gasteiger partial charge < -0.3 is 5.32 Å². The van der Waals surface area contributed by atoms with E-state index >= 15 is 0 Å². The van der Waals surface area contributed by atoms with Gasteiger partial charge in [0.2, 0.25) is 0 Å². The molecule has 2 unspecified atom stereocenters. The van der Waals surface area contributed by atoms with Crippen LogP contribution in [0.4, 0.5) is 0 Å². The topological polar surface area (TPSA) is 46.0 Å². The Bertz CT molecular complexity index is 387. The lowest BCUT2D eigenvalue weighted by molar-refractivity contribution is 0.112. The monoisotopic (exact) mass is 265 g/mol. The van der Waals surface area contributed by atoms with Crippen molar-refractivity contribution in [2.45, 2.75) is 65.2 Å². The first-order valence-corrected chi connectivity index (χ1v) is 7.51. The summed E-state index contributed by atoms with van der Waals surface area (Å²) in [6.07, 6.45) is 4.04. The molecule has 0 saturated carbocycles. The third-order valence-corrected chi connectivity index (χ3v) is 4.06. The predicted octanol–water partition coefficient (Wildman–Crippen LogP) is 1.82. The maximum atomic E-state index is 4.44. The Balaban J connectivity index is 2.08. The molecule has 2 atom stereocenters. The van der Waals surface area contributed by atoms with Crippen LogP contribution >= 0.6 is 0 Å². The van der Waals surface area contributed by atoms with Gasteiger partial charge in [0, 0.05) is 31.2 Å². The SMILES string of the molecule is CCC1CN(Cc2ncnn2C(C)C)C(CC)CN1. The maximum absolute atomic E-state index is 4.44. The molecule has 0 amide bonds. The van der Waals surface area contributed by atoms with Gasteiger partial charge in [0.25, 0.3) is 0 Å². The van der Waals surface area contributed by atoms with Crippen molar-refractivity contribution < 1.29 is 0 Å². The Morgan fingerprint density at radius 2 is 2.16 bits per heavy atom. The summed E-state index contributed by atoms with van der Waals surface area (Å²) >= 11 is 0. The summed E-state index contributed by atoms with van der Waals surface area (Å²) in [6, 6.07) is 1.60. The van der Waals surface area contributed by atoms with E-state index in [1.807, 2.05) is 4.68 Å². The zero-order valence-corrected chi connectivity index (χ0v) is 12.6. The van der Waals surface area contributed by atoms with E-state index in [1.165, 1.54) is 12.8 Å². The minimum absolute atomic E-state index is 0.377. The summed E-state index contributed by atoms with van der Waals surface area (Å²) in [5.74, 6) is 1.09. The van der Waals surface area contributed by atoms with Crippen LogP contribution < -0.4 is 5.32 Å². The third-order valence-electron chi connectivity index (χ3n) is 4.06. The van der Waals surface area contributed by atoms with Crippen molar-refractivity contribution in [2.24, 2.45) is 0 Å². The summed E-state index contributed by atoms with van der Waals surface area (Å²) in [5.41, 5.74) is 0. The van der Waals surface area contributed by atoms with Crippen LogP contribution in [0.1, 0.15) is 52.4 Å². The summed E-state index contributed by atoms with van der Waals surface area (Å²) in [4.78, 5) is 7.00. The van der Waals surface area contributed by atoms with Crippen molar-refractivity contribution in [3.05, 3.63) is 12.2 Å². The Morgan fingerprint density at radius 1 is 1.37 bits per heavy atom. The predicted molar refractivity (Wildman–Crippen MR) is 77.0 cm³/mol. The maximum Gasteiger partial charge on any atom is 0.141 e. The first-order valence-electron chi connectivity index (χ1n) is 7.51. The van der Waals surface area contributed by atoms with Crippen LogP contribution in [0.15, 0.2) is 6.33 Å². The number of hydrogen-bond donors (Lipinski definition) is 1. The van der Waals surface area contributed by atoms with Gasteiger partial charge in [0.15, 0.2) is 0 Å². The molecule has 1 N–H and O–H groups in total. The number of nitrogens with one attached hydrogen (secondary N) is 1. The highest BCUT2D eigenvalue weighted by molar-refractivity contribution is 4.92. The van der Waals surface area contributed by atoms with Gasteiger partial charge in [0.1, 0.15) is 12.2 Å². The smallest absolute Gasteiger partial charge is 0.141 e. The van der Waals surface area contributed by atoms with Gasteiger partial charge in [-0.25, -0.2) is 9.67 Å². The molecule has 0 aromatic carbocycles. The van der Waals surface area contributed by atoms with E-state index in [0.29, 0.717) is 18.1 Å². The second kappa shape index (κ2) is 6.48. The van der Waals surface area contributed by atoms with E-state index in [9.17, 15) is 0 Å². The Hall–Kier alpha value is -0.940.